The summed E-state index contributed by atoms with van der Waals surface area (Å²) in [4.78, 5) is 20.4. The molecule has 0 aliphatic heterocycles. The molecule has 0 aliphatic rings. The van der Waals surface area contributed by atoms with Crippen molar-refractivity contribution in [1.29, 1.82) is 0 Å². The third kappa shape index (κ3) is 3.35. The summed E-state index contributed by atoms with van der Waals surface area (Å²) >= 11 is 1.46. The van der Waals surface area contributed by atoms with E-state index in [-0.39, 0.29) is 5.91 Å². The number of amides is 1. The molecule has 0 atom stereocenters. The minimum absolute atomic E-state index is 0.295. The van der Waals surface area contributed by atoms with Crippen LogP contribution in [0.25, 0.3) is 11.3 Å². The van der Waals surface area contributed by atoms with E-state index in [9.17, 15) is 9.18 Å². The molecular weight excluding hydrogens is 301 g/mol. The normalized spacial score (nSPS) is 10.4. The molecule has 110 valence electrons. The molecule has 3 rings (SSSR count). The van der Waals surface area contributed by atoms with Gasteiger partial charge in [0.2, 0.25) is 0 Å². The molecule has 1 amide bonds. The summed E-state index contributed by atoms with van der Waals surface area (Å²) in [6.07, 6.45) is 3.44. The Labute approximate surface area is 130 Å². The maximum Gasteiger partial charge on any atom is 0.251 e. The van der Waals surface area contributed by atoms with Gasteiger partial charge in [-0.2, -0.15) is 0 Å². The van der Waals surface area contributed by atoms with Gasteiger partial charge in [0.05, 0.1) is 12.2 Å². The number of carbonyl (C=O) groups is 1. The first-order valence-corrected chi connectivity index (χ1v) is 7.49. The number of hydrogen-bond donors (Lipinski definition) is 1. The van der Waals surface area contributed by atoms with Crippen LogP contribution in [0.3, 0.4) is 0 Å². The van der Waals surface area contributed by atoms with Crippen LogP contribution in [0.4, 0.5) is 4.39 Å². The highest BCUT2D eigenvalue weighted by Crippen LogP contribution is 2.20. The van der Waals surface area contributed by atoms with Crippen LogP contribution in [-0.2, 0) is 6.54 Å². The molecule has 0 unspecified atom stereocenters. The molecule has 0 bridgehead atoms. The van der Waals surface area contributed by atoms with E-state index in [1.165, 1.54) is 29.5 Å². The average Bonchev–Trinajstić information content (AvgIpc) is 3.02. The molecule has 2 heterocycles. The fraction of sp³-hybridized carbons (Fsp3) is 0.0625. The number of rotatable bonds is 4. The second-order valence-electron chi connectivity index (χ2n) is 4.56. The lowest BCUT2D eigenvalue weighted by Gasteiger charge is -2.03. The third-order valence-electron chi connectivity index (χ3n) is 3.00. The van der Waals surface area contributed by atoms with Gasteiger partial charge in [0.25, 0.3) is 5.91 Å². The van der Waals surface area contributed by atoms with Gasteiger partial charge in [0, 0.05) is 28.9 Å². The number of thiazole rings is 1. The second kappa shape index (κ2) is 6.44. The van der Waals surface area contributed by atoms with Crippen LogP contribution in [0.1, 0.15) is 15.4 Å². The highest BCUT2D eigenvalue weighted by atomic mass is 32.1. The molecular formula is C16H12FN3OS. The van der Waals surface area contributed by atoms with Crippen molar-refractivity contribution in [3.05, 3.63) is 70.6 Å². The standard InChI is InChI=1S/C16H12FN3OS/c17-13-5-1-3-11(7-13)16(21)19-9-15-20-14(10-22-15)12-4-2-6-18-8-12/h1-8,10H,9H2,(H,19,21). The second-order valence-corrected chi connectivity index (χ2v) is 5.50. The first-order chi connectivity index (χ1) is 10.7. The number of hydrogen-bond acceptors (Lipinski definition) is 4. The Morgan fingerprint density at radius 1 is 1.27 bits per heavy atom. The highest BCUT2D eigenvalue weighted by molar-refractivity contribution is 7.09. The Hall–Kier alpha value is -2.60. The summed E-state index contributed by atoms with van der Waals surface area (Å²) in [5.74, 6) is -0.751. The Balaban J connectivity index is 1.65. The van der Waals surface area contributed by atoms with Gasteiger partial charge in [0.1, 0.15) is 10.8 Å². The van der Waals surface area contributed by atoms with Crippen LogP contribution in [0.2, 0.25) is 0 Å². The number of nitrogens with zero attached hydrogens (tertiary/aromatic N) is 2. The molecule has 0 radical (unpaired) electrons. The van der Waals surface area contributed by atoms with Gasteiger partial charge in [-0.05, 0) is 30.3 Å². The van der Waals surface area contributed by atoms with Crippen molar-refractivity contribution in [3.63, 3.8) is 0 Å². The van der Waals surface area contributed by atoms with E-state index in [2.05, 4.69) is 15.3 Å². The van der Waals surface area contributed by atoms with Gasteiger partial charge in [-0.1, -0.05) is 6.07 Å². The molecule has 0 aliphatic carbocycles. The van der Waals surface area contributed by atoms with Crippen LogP contribution >= 0.6 is 11.3 Å². The fourth-order valence-corrected chi connectivity index (χ4v) is 2.67. The summed E-state index contributed by atoms with van der Waals surface area (Å²) < 4.78 is 13.1. The molecule has 3 aromatic rings. The lowest BCUT2D eigenvalue weighted by molar-refractivity contribution is 0.0950. The van der Waals surface area contributed by atoms with Crippen molar-refractivity contribution in [2.24, 2.45) is 0 Å². The first kappa shape index (κ1) is 14.3. The lowest BCUT2D eigenvalue weighted by atomic mass is 10.2. The summed E-state index contributed by atoms with van der Waals surface area (Å²) in [7, 11) is 0. The lowest BCUT2D eigenvalue weighted by Crippen LogP contribution is -2.22. The van der Waals surface area contributed by atoms with E-state index < -0.39 is 5.82 Å². The molecule has 0 saturated heterocycles. The Kier molecular flexibility index (Phi) is 4.20. The number of pyridine rings is 1. The van der Waals surface area contributed by atoms with Gasteiger partial charge in [-0.25, -0.2) is 9.37 Å². The molecule has 22 heavy (non-hydrogen) atoms. The molecule has 0 spiro atoms. The van der Waals surface area contributed by atoms with Crippen LogP contribution in [0.15, 0.2) is 54.2 Å². The molecule has 1 aromatic carbocycles. The maximum absolute atomic E-state index is 13.1. The van der Waals surface area contributed by atoms with Crippen molar-refractivity contribution in [2.45, 2.75) is 6.54 Å². The van der Waals surface area contributed by atoms with Crippen molar-refractivity contribution in [2.75, 3.05) is 0 Å². The Morgan fingerprint density at radius 3 is 2.95 bits per heavy atom. The maximum atomic E-state index is 13.1. The predicted molar refractivity (Wildman–Crippen MR) is 82.9 cm³/mol. The van der Waals surface area contributed by atoms with Gasteiger partial charge >= 0.3 is 0 Å². The molecule has 0 saturated carbocycles. The van der Waals surface area contributed by atoms with Crippen molar-refractivity contribution in [1.82, 2.24) is 15.3 Å². The van der Waals surface area contributed by atoms with E-state index in [1.807, 2.05) is 17.5 Å². The Bertz CT molecular complexity index is 789. The van der Waals surface area contributed by atoms with E-state index in [4.69, 9.17) is 0 Å². The van der Waals surface area contributed by atoms with Crippen LogP contribution in [-0.4, -0.2) is 15.9 Å². The number of nitrogens with one attached hydrogen (secondary N) is 1. The van der Waals surface area contributed by atoms with Crippen LogP contribution in [0.5, 0.6) is 0 Å². The summed E-state index contributed by atoms with van der Waals surface area (Å²) in [6.45, 7) is 0.306. The van der Waals surface area contributed by atoms with E-state index in [1.54, 1.807) is 18.5 Å². The molecule has 1 N–H and O–H groups in total. The number of benzene rings is 1. The molecule has 0 fully saturated rings. The van der Waals surface area contributed by atoms with Crippen LogP contribution in [0, 0.1) is 5.82 Å². The minimum atomic E-state index is -0.430. The van der Waals surface area contributed by atoms with Crippen molar-refractivity contribution < 1.29 is 9.18 Å². The average molecular weight is 313 g/mol. The first-order valence-electron chi connectivity index (χ1n) is 6.61. The molecule has 4 nitrogen and oxygen atoms in total. The summed E-state index contributed by atoms with van der Waals surface area (Å²) in [6, 6.07) is 9.36. The van der Waals surface area contributed by atoms with E-state index >= 15 is 0 Å². The zero-order chi connectivity index (χ0) is 15.4. The number of carbonyl (C=O) groups excluding carboxylic acids is 1. The summed E-state index contributed by atoms with van der Waals surface area (Å²) in [5, 5.41) is 5.43. The monoisotopic (exact) mass is 313 g/mol. The number of halogens is 1. The quantitative estimate of drug-likeness (QED) is 0.804. The van der Waals surface area contributed by atoms with E-state index in [0.717, 1.165) is 16.3 Å². The van der Waals surface area contributed by atoms with E-state index in [0.29, 0.717) is 12.1 Å². The zero-order valence-corrected chi connectivity index (χ0v) is 12.3. The van der Waals surface area contributed by atoms with Gasteiger partial charge in [-0.3, -0.25) is 9.78 Å². The zero-order valence-electron chi connectivity index (χ0n) is 11.5. The van der Waals surface area contributed by atoms with Crippen molar-refractivity contribution in [3.8, 4) is 11.3 Å². The fourth-order valence-electron chi connectivity index (χ4n) is 1.93. The molecule has 2 aromatic heterocycles. The van der Waals surface area contributed by atoms with Gasteiger partial charge in [0.15, 0.2) is 0 Å². The number of aromatic nitrogens is 2. The Morgan fingerprint density at radius 2 is 2.18 bits per heavy atom. The largest absolute Gasteiger partial charge is 0.346 e. The smallest absolute Gasteiger partial charge is 0.251 e. The minimum Gasteiger partial charge on any atom is -0.346 e. The predicted octanol–water partition coefficient (Wildman–Crippen LogP) is 3.27. The van der Waals surface area contributed by atoms with Crippen LogP contribution < -0.4 is 5.32 Å². The van der Waals surface area contributed by atoms with Gasteiger partial charge in [-0.15, -0.1) is 11.3 Å². The van der Waals surface area contributed by atoms with Crippen molar-refractivity contribution >= 4 is 17.2 Å². The topological polar surface area (TPSA) is 54.9 Å². The molecule has 6 heteroatoms. The van der Waals surface area contributed by atoms with Gasteiger partial charge < -0.3 is 5.32 Å². The third-order valence-corrected chi connectivity index (χ3v) is 3.84. The highest BCUT2D eigenvalue weighted by Gasteiger charge is 2.09. The summed E-state index contributed by atoms with van der Waals surface area (Å²) in [5.41, 5.74) is 2.05. The SMILES string of the molecule is O=C(NCc1nc(-c2cccnc2)cs1)c1cccc(F)c1.